The molecule has 0 bridgehead atoms. The molecule has 11 nitrogen and oxygen atoms in total. The first kappa shape index (κ1) is 39.4. The molecule has 1 aliphatic heterocycles. The predicted molar refractivity (Wildman–Crippen MR) is 188 cm³/mol. The normalized spacial score (nSPS) is 39.6. The number of alkyl halides is 2. The number of nitrogens with one attached hydrogen (secondary N) is 2. The molecule has 1 aromatic rings. The number of allylic oxidation sites excluding steroid dienone is 2. The van der Waals surface area contributed by atoms with Crippen LogP contribution in [0.3, 0.4) is 0 Å². The van der Waals surface area contributed by atoms with Crippen LogP contribution >= 0.6 is 0 Å². The van der Waals surface area contributed by atoms with Crippen LogP contribution in [0.1, 0.15) is 73.6 Å². The summed E-state index contributed by atoms with van der Waals surface area (Å²) in [5.41, 5.74) is -0.927. The first-order chi connectivity index (χ1) is 24.8. The first-order valence-corrected chi connectivity index (χ1v) is 18.6. The number of hydrogen-bond acceptors (Lipinski definition) is 9. The molecule has 14 heteroatoms. The van der Waals surface area contributed by atoms with Gasteiger partial charge >= 0.3 is 0 Å². The summed E-state index contributed by atoms with van der Waals surface area (Å²) in [6.45, 7) is 9.67. The van der Waals surface area contributed by atoms with Crippen LogP contribution in [0, 0.1) is 34.4 Å². The summed E-state index contributed by atoms with van der Waals surface area (Å²) in [6, 6.07) is 1.82. The van der Waals surface area contributed by atoms with Crippen LogP contribution in [0.2, 0.25) is 0 Å². The molecule has 53 heavy (non-hydrogen) atoms. The summed E-state index contributed by atoms with van der Waals surface area (Å²) in [5, 5.41) is 27.0. The maximum Gasteiger partial charge on any atom is 0.246 e. The average Bonchev–Trinajstić information content (AvgIpc) is 3.58. The Morgan fingerprint density at radius 1 is 1.11 bits per heavy atom. The second-order valence-electron chi connectivity index (χ2n) is 16.3. The number of benzene rings is 1. The molecule has 0 radical (unpaired) electrons. The van der Waals surface area contributed by atoms with Crippen LogP contribution in [0.5, 0.6) is 5.75 Å². The number of nitrogens with two attached hydrogens (primary N) is 1. The summed E-state index contributed by atoms with van der Waals surface area (Å²) in [6.07, 6.45) is -0.739. The second kappa shape index (κ2) is 14.1. The van der Waals surface area contributed by atoms with Crippen molar-refractivity contribution in [2.24, 2.45) is 34.3 Å². The standard InChI is InChI=1S/C39H52F3N3O8/c1-7-8-32-52-31-16-23-24-15-26(40)25-13-21(46)11-12-36(25,5)38(24,42)29(47)17-37(23,6)39(31,53-32)30(48)18-51-22-9-10-28(27(41)14-22)45-34(49)20(4)44-35(50)33(43)19(2)3/h9-14,19-21,23-24,26,29,31-33,46-47H,7-8,15-18,43H2,1-6H3,(H,44,50)(H,45,49)/t20-,21?,23-,24-,26-,29-,31+,32?,33-,36-,37-,38-,39+/m0/s1. The van der Waals surface area contributed by atoms with Gasteiger partial charge in [0.2, 0.25) is 17.6 Å². The highest BCUT2D eigenvalue weighted by molar-refractivity contribution is 5.97. The first-order valence-electron chi connectivity index (χ1n) is 18.6. The van der Waals surface area contributed by atoms with Gasteiger partial charge in [0.1, 0.15) is 30.4 Å². The lowest BCUT2D eigenvalue weighted by atomic mass is 9.44. The van der Waals surface area contributed by atoms with Crippen molar-refractivity contribution in [1.29, 1.82) is 0 Å². The summed E-state index contributed by atoms with van der Waals surface area (Å²) in [5.74, 6) is -4.39. The number of aliphatic hydroxyl groups excluding tert-OH is 2. The van der Waals surface area contributed by atoms with Gasteiger partial charge in [0, 0.05) is 22.8 Å². The third-order valence-corrected chi connectivity index (χ3v) is 12.8. The van der Waals surface area contributed by atoms with E-state index in [9.17, 15) is 24.6 Å². The fraction of sp³-hybridized carbons (Fsp3) is 0.667. The van der Waals surface area contributed by atoms with Crippen molar-refractivity contribution in [3.8, 4) is 5.75 Å². The molecule has 3 saturated carbocycles. The highest BCUT2D eigenvalue weighted by Gasteiger charge is 2.80. The molecular weight excluding hydrogens is 695 g/mol. The number of rotatable bonds is 11. The van der Waals surface area contributed by atoms with Crippen LogP contribution in [-0.4, -0.2) is 88.5 Å². The molecule has 0 aromatic heterocycles. The Bertz CT molecular complexity index is 1690. The lowest BCUT2D eigenvalue weighted by Crippen LogP contribution is -2.71. The number of anilines is 1. The molecule has 1 heterocycles. The Kier molecular flexibility index (Phi) is 10.5. The number of carbonyl (C=O) groups is 3. The van der Waals surface area contributed by atoms with Gasteiger partial charge in [-0.05, 0) is 75.1 Å². The van der Waals surface area contributed by atoms with Crippen molar-refractivity contribution in [3.63, 3.8) is 0 Å². The molecule has 6 rings (SSSR count). The number of carbonyl (C=O) groups excluding carboxylic acids is 3. The number of ketones is 1. The highest BCUT2D eigenvalue weighted by atomic mass is 19.1. The van der Waals surface area contributed by atoms with Crippen molar-refractivity contribution in [2.75, 3.05) is 11.9 Å². The number of hydrogen-bond donors (Lipinski definition) is 5. The second-order valence-corrected chi connectivity index (χ2v) is 16.3. The van der Waals surface area contributed by atoms with Crippen LogP contribution in [0.4, 0.5) is 18.9 Å². The lowest BCUT2D eigenvalue weighted by molar-refractivity contribution is -0.234. The zero-order chi connectivity index (χ0) is 38.8. The zero-order valence-corrected chi connectivity index (χ0v) is 31.0. The molecule has 4 fully saturated rings. The number of Topliss-reactive ketones (excluding diaryl/α,β-unsaturated/α-hetero) is 1. The van der Waals surface area contributed by atoms with E-state index in [0.29, 0.717) is 12.8 Å². The largest absolute Gasteiger partial charge is 0.486 e. The van der Waals surface area contributed by atoms with Gasteiger partial charge in [-0.25, -0.2) is 13.2 Å². The molecule has 2 amide bonds. The van der Waals surface area contributed by atoms with Gasteiger partial charge in [0.05, 0.1) is 30.0 Å². The van der Waals surface area contributed by atoms with E-state index in [1.54, 1.807) is 27.7 Å². The third-order valence-electron chi connectivity index (χ3n) is 12.8. The summed E-state index contributed by atoms with van der Waals surface area (Å²) >= 11 is 0. The predicted octanol–water partition coefficient (Wildman–Crippen LogP) is 4.20. The Labute approximate surface area is 307 Å². The minimum Gasteiger partial charge on any atom is -0.486 e. The van der Waals surface area contributed by atoms with Crippen molar-refractivity contribution in [3.05, 3.63) is 47.8 Å². The van der Waals surface area contributed by atoms with Gasteiger partial charge in [-0.15, -0.1) is 0 Å². The Morgan fingerprint density at radius 2 is 1.83 bits per heavy atom. The average molecular weight is 748 g/mol. The molecular formula is C39H52F3N3O8. The smallest absolute Gasteiger partial charge is 0.246 e. The van der Waals surface area contributed by atoms with Crippen molar-refractivity contribution in [2.45, 2.75) is 128 Å². The Balaban J connectivity index is 1.21. The number of halogens is 3. The minimum absolute atomic E-state index is 0.0210. The highest BCUT2D eigenvalue weighted by Crippen LogP contribution is 2.72. The summed E-state index contributed by atoms with van der Waals surface area (Å²) in [4.78, 5) is 39.5. The molecule has 4 aliphatic carbocycles. The SMILES string of the molecule is CCCC1O[C@@H]2C[C@H]3[C@@H]4C[C@H](F)C5=CC(O)C=C[C@]5(C)[C@@]4(F)[C@@H](O)C[C@]3(C)[C@]2(C(=O)COc2ccc(NC(=O)[C@H](C)NC(=O)[C@@H](N)C(C)C)c(F)c2)O1. The fourth-order valence-corrected chi connectivity index (χ4v) is 9.87. The molecule has 13 atom stereocenters. The Hall–Kier alpha value is -3.30. The van der Waals surface area contributed by atoms with E-state index in [-0.39, 0.29) is 42.2 Å². The van der Waals surface area contributed by atoms with Gasteiger partial charge < -0.3 is 40.8 Å². The maximum atomic E-state index is 17.8. The molecule has 0 spiro atoms. The van der Waals surface area contributed by atoms with E-state index in [2.05, 4.69) is 10.6 Å². The van der Waals surface area contributed by atoms with E-state index in [0.717, 1.165) is 6.07 Å². The van der Waals surface area contributed by atoms with Gasteiger partial charge in [0.25, 0.3) is 0 Å². The molecule has 1 saturated heterocycles. The number of fused-ring (bicyclic) bond motifs is 7. The number of aliphatic hydroxyl groups is 2. The quantitative estimate of drug-likeness (QED) is 0.208. The lowest BCUT2D eigenvalue weighted by Gasteiger charge is -2.63. The monoisotopic (exact) mass is 747 g/mol. The van der Waals surface area contributed by atoms with Gasteiger partial charge in [-0.1, -0.05) is 46.3 Å². The summed E-state index contributed by atoms with van der Waals surface area (Å²) < 4.78 is 67.6. The van der Waals surface area contributed by atoms with Crippen molar-refractivity contribution in [1.82, 2.24) is 5.32 Å². The minimum atomic E-state index is -2.30. The molecule has 2 unspecified atom stereocenters. The van der Waals surface area contributed by atoms with E-state index >= 15 is 13.2 Å². The molecule has 6 N–H and O–H groups in total. The molecule has 5 aliphatic rings. The van der Waals surface area contributed by atoms with E-state index in [1.807, 2.05) is 6.92 Å². The molecule has 1 aromatic carbocycles. The Morgan fingerprint density at radius 3 is 2.49 bits per heavy atom. The zero-order valence-electron chi connectivity index (χ0n) is 31.0. The number of ether oxygens (including phenoxy) is 3. The van der Waals surface area contributed by atoms with Crippen LogP contribution in [0.15, 0.2) is 42.0 Å². The van der Waals surface area contributed by atoms with Crippen LogP contribution in [-0.2, 0) is 23.9 Å². The van der Waals surface area contributed by atoms with E-state index in [1.165, 1.54) is 37.3 Å². The fourth-order valence-electron chi connectivity index (χ4n) is 9.87. The van der Waals surface area contributed by atoms with Crippen LogP contribution < -0.4 is 21.1 Å². The van der Waals surface area contributed by atoms with Crippen molar-refractivity contribution >= 4 is 23.3 Å². The summed E-state index contributed by atoms with van der Waals surface area (Å²) in [7, 11) is 0. The van der Waals surface area contributed by atoms with Crippen molar-refractivity contribution < 1.29 is 52.0 Å². The topological polar surface area (TPSA) is 169 Å². The van der Waals surface area contributed by atoms with Gasteiger partial charge in [-0.3, -0.25) is 14.4 Å². The third kappa shape index (κ3) is 6.12. The maximum absolute atomic E-state index is 17.8. The van der Waals surface area contributed by atoms with E-state index < -0.39 is 107 Å². The number of amides is 2. The van der Waals surface area contributed by atoms with Gasteiger partial charge in [0.15, 0.2) is 17.6 Å². The molecule has 292 valence electrons. The van der Waals surface area contributed by atoms with Crippen LogP contribution in [0.25, 0.3) is 0 Å². The van der Waals surface area contributed by atoms with Gasteiger partial charge in [-0.2, -0.15) is 0 Å². The van der Waals surface area contributed by atoms with E-state index in [4.69, 9.17) is 19.9 Å².